The second-order valence-corrected chi connectivity index (χ2v) is 15.1. The Morgan fingerprint density at radius 3 is 2.27 bits per heavy atom. The standard InChI is InChI=1S/C40H52O8/c1-22(2)13-12-18-39(11)19-17-28-32(42)30-31(41)27(8)36(46-34(30)29(33(28)47-39)15-14-23(3)4)40(20-16-24(5)37(44)45)35(43)25(6)21-26(7)38(9,10)48-40/h13-14,16-17,19,25-26,36,42H,8,12,15,18,20-21H2,1-7,9-11H3,(H,44,45)/b24-16-. The van der Waals surface area contributed by atoms with Gasteiger partial charge in [-0.3, -0.25) is 9.59 Å². The Morgan fingerprint density at radius 2 is 1.67 bits per heavy atom. The molecule has 0 saturated carbocycles. The van der Waals surface area contributed by atoms with Crippen LogP contribution in [-0.4, -0.2) is 50.7 Å². The number of Topliss-reactive ketones (excluding diaryl/α,β-unsaturated/α-hetero) is 2. The number of carboxylic acid groups (broad SMARTS) is 1. The van der Waals surface area contributed by atoms with Crippen LogP contribution in [-0.2, 0) is 20.7 Å². The third-order valence-corrected chi connectivity index (χ3v) is 10.1. The fourth-order valence-corrected chi connectivity index (χ4v) is 6.81. The number of carbonyl (C=O) groups is 3. The zero-order valence-electron chi connectivity index (χ0n) is 30.2. The van der Waals surface area contributed by atoms with Crippen LogP contribution in [0.15, 0.2) is 53.2 Å². The lowest BCUT2D eigenvalue weighted by Gasteiger charge is -2.46. The molecule has 8 nitrogen and oxygen atoms in total. The molecular weight excluding hydrogens is 608 g/mol. The van der Waals surface area contributed by atoms with Gasteiger partial charge in [-0.15, -0.1) is 0 Å². The van der Waals surface area contributed by atoms with Crippen LogP contribution in [0.25, 0.3) is 6.08 Å². The van der Waals surface area contributed by atoms with Crippen LogP contribution in [0.2, 0.25) is 0 Å². The average Bonchev–Trinajstić information content (AvgIpc) is 3.05. The van der Waals surface area contributed by atoms with Crippen molar-refractivity contribution >= 4 is 23.6 Å². The summed E-state index contributed by atoms with van der Waals surface area (Å²) in [5.74, 6) is -2.27. The SMILES string of the molecule is C=C1C(=O)c2c(O)c3c(c(CC=C(C)C)c2OC1C1(C/C=C(/C)C(=O)O)OC(C)(C)C(C)CC(C)C1=O)OC(C)(CCC=C(C)C)C=C3. The normalized spacial score (nSPS) is 28.0. The molecule has 3 aliphatic heterocycles. The van der Waals surface area contributed by atoms with Gasteiger partial charge in [0, 0.05) is 29.0 Å². The zero-order chi connectivity index (χ0) is 35.9. The Bertz CT molecular complexity index is 1640. The summed E-state index contributed by atoms with van der Waals surface area (Å²) < 4.78 is 20.3. The predicted octanol–water partition coefficient (Wildman–Crippen LogP) is 8.51. The van der Waals surface area contributed by atoms with E-state index in [0.717, 1.165) is 12.0 Å². The van der Waals surface area contributed by atoms with Crippen molar-refractivity contribution in [2.45, 2.75) is 124 Å². The summed E-state index contributed by atoms with van der Waals surface area (Å²) in [6.07, 6.45) is 10.2. The number of hydrogen-bond acceptors (Lipinski definition) is 7. The number of rotatable bonds is 9. The number of carbonyl (C=O) groups excluding carboxylic acids is 2. The maximum Gasteiger partial charge on any atom is 0.330 e. The molecule has 2 N–H and O–H groups in total. The molecule has 1 fully saturated rings. The van der Waals surface area contributed by atoms with Crippen molar-refractivity contribution in [3.8, 4) is 17.2 Å². The highest BCUT2D eigenvalue weighted by Crippen LogP contribution is 2.53. The van der Waals surface area contributed by atoms with Crippen LogP contribution in [0.5, 0.6) is 17.2 Å². The molecule has 5 atom stereocenters. The second kappa shape index (κ2) is 13.5. The fraction of sp³-hybridized carbons (Fsp3) is 0.525. The number of ketones is 2. The molecule has 0 radical (unpaired) electrons. The molecule has 260 valence electrons. The van der Waals surface area contributed by atoms with Crippen molar-refractivity contribution in [3.63, 3.8) is 0 Å². The van der Waals surface area contributed by atoms with Gasteiger partial charge < -0.3 is 24.4 Å². The molecule has 0 bridgehead atoms. The van der Waals surface area contributed by atoms with Gasteiger partial charge in [-0.2, -0.15) is 0 Å². The molecular formula is C40H52O8. The molecule has 0 aromatic heterocycles. The van der Waals surface area contributed by atoms with Crippen molar-refractivity contribution in [3.05, 3.63) is 69.9 Å². The van der Waals surface area contributed by atoms with E-state index in [1.807, 2.05) is 74.5 Å². The quantitative estimate of drug-likeness (QED) is 0.200. The largest absolute Gasteiger partial charge is 0.506 e. The third-order valence-electron chi connectivity index (χ3n) is 10.1. The van der Waals surface area contributed by atoms with Crippen LogP contribution in [0.1, 0.15) is 116 Å². The number of aromatic hydroxyl groups is 1. The first-order valence-electron chi connectivity index (χ1n) is 16.9. The minimum Gasteiger partial charge on any atom is -0.506 e. The van der Waals surface area contributed by atoms with E-state index < -0.39 is 40.6 Å². The molecule has 5 unspecified atom stereocenters. The third kappa shape index (κ3) is 6.95. The van der Waals surface area contributed by atoms with Gasteiger partial charge in [0.1, 0.15) is 28.4 Å². The van der Waals surface area contributed by atoms with Crippen molar-refractivity contribution in [1.29, 1.82) is 0 Å². The molecule has 0 spiro atoms. The van der Waals surface area contributed by atoms with Crippen molar-refractivity contribution < 1.29 is 38.8 Å². The van der Waals surface area contributed by atoms with Crippen LogP contribution < -0.4 is 9.47 Å². The number of aliphatic carboxylic acids is 1. The zero-order valence-corrected chi connectivity index (χ0v) is 30.2. The van der Waals surface area contributed by atoms with Gasteiger partial charge in [-0.05, 0) is 99.1 Å². The summed E-state index contributed by atoms with van der Waals surface area (Å²) in [4.78, 5) is 40.8. The number of phenols is 1. The van der Waals surface area contributed by atoms with Crippen LogP contribution in [0.4, 0.5) is 0 Å². The summed E-state index contributed by atoms with van der Waals surface area (Å²) in [6, 6.07) is 0. The molecule has 3 aliphatic rings. The average molecular weight is 661 g/mol. The number of benzene rings is 1. The number of ether oxygens (including phenoxy) is 3. The summed E-state index contributed by atoms with van der Waals surface area (Å²) in [5.41, 5.74) is -0.196. The van der Waals surface area contributed by atoms with Gasteiger partial charge in [0.25, 0.3) is 0 Å². The second-order valence-electron chi connectivity index (χ2n) is 15.1. The van der Waals surface area contributed by atoms with E-state index in [-0.39, 0.29) is 46.3 Å². The first-order chi connectivity index (χ1) is 22.2. The minimum absolute atomic E-state index is 0.0326. The van der Waals surface area contributed by atoms with Gasteiger partial charge in [0.2, 0.25) is 0 Å². The fourth-order valence-electron chi connectivity index (χ4n) is 6.81. The Morgan fingerprint density at radius 1 is 1.02 bits per heavy atom. The first kappa shape index (κ1) is 36.9. The Labute approximate surface area is 285 Å². The minimum atomic E-state index is -1.78. The summed E-state index contributed by atoms with van der Waals surface area (Å²) >= 11 is 0. The molecule has 1 aromatic rings. The molecule has 48 heavy (non-hydrogen) atoms. The maximum atomic E-state index is 14.5. The number of fused-ring (bicyclic) bond motifs is 2. The van der Waals surface area contributed by atoms with E-state index in [0.29, 0.717) is 36.1 Å². The molecule has 1 aromatic carbocycles. The van der Waals surface area contributed by atoms with E-state index in [1.165, 1.54) is 18.6 Å². The lowest BCUT2D eigenvalue weighted by atomic mass is 9.75. The lowest BCUT2D eigenvalue weighted by molar-refractivity contribution is -0.190. The van der Waals surface area contributed by atoms with Crippen LogP contribution >= 0.6 is 0 Å². The van der Waals surface area contributed by atoms with Gasteiger partial charge in [0.05, 0.1) is 11.2 Å². The smallest absolute Gasteiger partial charge is 0.330 e. The summed E-state index contributed by atoms with van der Waals surface area (Å²) in [7, 11) is 0. The van der Waals surface area contributed by atoms with Crippen LogP contribution in [0, 0.1) is 11.8 Å². The highest BCUT2D eigenvalue weighted by atomic mass is 16.6. The topological polar surface area (TPSA) is 119 Å². The number of phenolic OH excluding ortho intramolecular Hbond substituents is 1. The van der Waals surface area contributed by atoms with Gasteiger partial charge >= 0.3 is 5.97 Å². The van der Waals surface area contributed by atoms with Crippen LogP contribution in [0.3, 0.4) is 0 Å². The van der Waals surface area contributed by atoms with E-state index >= 15 is 0 Å². The highest BCUT2D eigenvalue weighted by Gasteiger charge is 2.59. The van der Waals surface area contributed by atoms with Gasteiger partial charge in [-0.25, -0.2) is 4.79 Å². The highest BCUT2D eigenvalue weighted by molar-refractivity contribution is 6.16. The number of hydrogen-bond donors (Lipinski definition) is 2. The molecule has 4 rings (SSSR count). The Balaban J connectivity index is 1.98. The van der Waals surface area contributed by atoms with Gasteiger partial charge in [-0.1, -0.05) is 49.8 Å². The van der Waals surface area contributed by atoms with Crippen molar-refractivity contribution in [2.75, 3.05) is 0 Å². The molecule has 3 heterocycles. The van der Waals surface area contributed by atoms with E-state index in [1.54, 1.807) is 6.08 Å². The van der Waals surface area contributed by atoms with E-state index in [2.05, 4.69) is 12.7 Å². The maximum absolute atomic E-state index is 14.5. The van der Waals surface area contributed by atoms with Crippen molar-refractivity contribution in [1.82, 2.24) is 0 Å². The molecule has 0 aliphatic carbocycles. The number of allylic oxidation sites excluding steroid dienone is 4. The van der Waals surface area contributed by atoms with Gasteiger partial charge in [0.15, 0.2) is 23.3 Å². The number of carboxylic acids is 1. The summed E-state index contributed by atoms with van der Waals surface area (Å²) in [6.45, 7) is 23.2. The Hall–Kier alpha value is -3.91. The molecule has 8 heteroatoms. The predicted molar refractivity (Wildman–Crippen MR) is 188 cm³/mol. The first-order valence-corrected chi connectivity index (χ1v) is 16.9. The molecule has 1 saturated heterocycles. The molecule has 0 amide bonds. The Kier molecular flexibility index (Phi) is 10.4. The van der Waals surface area contributed by atoms with E-state index in [4.69, 9.17) is 14.2 Å². The van der Waals surface area contributed by atoms with E-state index in [9.17, 15) is 24.6 Å². The lowest BCUT2D eigenvalue weighted by Crippen LogP contribution is -2.60. The summed E-state index contributed by atoms with van der Waals surface area (Å²) in [5, 5.41) is 21.4. The monoisotopic (exact) mass is 660 g/mol. The van der Waals surface area contributed by atoms with Crippen molar-refractivity contribution in [2.24, 2.45) is 11.8 Å².